The Labute approximate surface area is 126 Å². The van der Waals surface area contributed by atoms with E-state index < -0.39 is 11.6 Å². The Morgan fingerprint density at radius 1 is 0.818 bits per heavy atom. The zero-order chi connectivity index (χ0) is 15.5. The lowest BCUT2D eigenvalue weighted by molar-refractivity contribution is 0.111. The van der Waals surface area contributed by atoms with Gasteiger partial charge in [0.15, 0.2) is 6.29 Å². The fraction of sp³-hybridized carbons (Fsp3) is 0. The Balaban J connectivity index is 2.22. The van der Waals surface area contributed by atoms with Crippen LogP contribution in [0.4, 0.5) is 8.78 Å². The van der Waals surface area contributed by atoms with E-state index in [9.17, 15) is 13.6 Å². The number of aromatic nitrogens is 1. The van der Waals surface area contributed by atoms with Crippen LogP contribution in [0.1, 0.15) is 10.5 Å². The summed E-state index contributed by atoms with van der Waals surface area (Å²) in [7, 11) is 0. The van der Waals surface area contributed by atoms with Crippen LogP contribution in [0.25, 0.3) is 22.3 Å². The minimum atomic E-state index is -0.460. The van der Waals surface area contributed by atoms with Gasteiger partial charge in [-0.15, -0.1) is 0 Å². The van der Waals surface area contributed by atoms with Gasteiger partial charge in [0, 0.05) is 28.5 Å². The lowest BCUT2D eigenvalue weighted by atomic mass is 9.99. The van der Waals surface area contributed by atoms with Crippen LogP contribution in [0.15, 0.2) is 60.8 Å². The highest BCUT2D eigenvalue weighted by Crippen LogP contribution is 2.30. The molecule has 22 heavy (non-hydrogen) atoms. The van der Waals surface area contributed by atoms with Crippen LogP contribution in [-0.4, -0.2) is 11.3 Å². The predicted octanol–water partition coefficient (Wildman–Crippen LogP) is 4.51. The monoisotopic (exact) mass is 295 g/mol. The van der Waals surface area contributed by atoms with Gasteiger partial charge in [-0.05, 0) is 18.2 Å². The summed E-state index contributed by atoms with van der Waals surface area (Å²) in [6.07, 6.45) is 1.97. The molecule has 0 bridgehead atoms. The molecule has 108 valence electrons. The second-order valence-corrected chi connectivity index (χ2v) is 4.73. The first-order chi connectivity index (χ1) is 10.7. The van der Waals surface area contributed by atoms with Crippen molar-refractivity contribution < 1.29 is 13.6 Å². The highest BCUT2D eigenvalue weighted by molar-refractivity contribution is 5.87. The summed E-state index contributed by atoms with van der Waals surface area (Å²) in [5.41, 5.74) is 1.56. The topological polar surface area (TPSA) is 30.0 Å². The molecule has 0 aliphatic carbocycles. The van der Waals surface area contributed by atoms with Crippen molar-refractivity contribution in [1.29, 1.82) is 0 Å². The van der Waals surface area contributed by atoms with Gasteiger partial charge in [-0.2, -0.15) is 0 Å². The molecule has 2 nitrogen and oxygen atoms in total. The molecule has 4 heteroatoms. The first kappa shape index (κ1) is 14.1. The summed E-state index contributed by atoms with van der Waals surface area (Å²) in [6, 6.07) is 13.9. The van der Waals surface area contributed by atoms with E-state index in [4.69, 9.17) is 0 Å². The maximum atomic E-state index is 14.0. The van der Waals surface area contributed by atoms with E-state index in [2.05, 4.69) is 4.98 Å². The number of carbonyl (C=O) groups excluding carboxylic acids is 1. The van der Waals surface area contributed by atoms with Gasteiger partial charge in [0.25, 0.3) is 0 Å². The molecule has 0 saturated heterocycles. The van der Waals surface area contributed by atoms with Crippen LogP contribution < -0.4 is 0 Å². The van der Waals surface area contributed by atoms with E-state index in [1.54, 1.807) is 42.5 Å². The van der Waals surface area contributed by atoms with Crippen LogP contribution in [0.2, 0.25) is 0 Å². The highest BCUT2D eigenvalue weighted by atomic mass is 19.1. The minimum Gasteiger partial charge on any atom is -0.296 e. The van der Waals surface area contributed by atoms with Crippen LogP contribution in [0.3, 0.4) is 0 Å². The number of aldehydes is 1. The molecule has 0 amide bonds. The van der Waals surface area contributed by atoms with E-state index in [-0.39, 0.29) is 11.3 Å². The first-order valence-electron chi connectivity index (χ1n) is 6.65. The molecule has 0 saturated carbocycles. The average Bonchev–Trinajstić information content (AvgIpc) is 2.55. The molecule has 0 unspecified atom stereocenters. The molecule has 0 radical (unpaired) electrons. The van der Waals surface area contributed by atoms with Gasteiger partial charge in [-0.1, -0.05) is 36.4 Å². The Morgan fingerprint density at radius 3 is 2.00 bits per heavy atom. The second-order valence-electron chi connectivity index (χ2n) is 4.73. The first-order valence-corrected chi connectivity index (χ1v) is 6.65. The number of pyridine rings is 1. The molecule has 1 heterocycles. The van der Waals surface area contributed by atoms with Gasteiger partial charge in [-0.3, -0.25) is 9.78 Å². The fourth-order valence-electron chi connectivity index (χ4n) is 2.31. The minimum absolute atomic E-state index is 0.116. The Morgan fingerprint density at radius 2 is 1.41 bits per heavy atom. The summed E-state index contributed by atoms with van der Waals surface area (Å²) >= 11 is 0. The van der Waals surface area contributed by atoms with Crippen molar-refractivity contribution >= 4 is 6.29 Å². The van der Waals surface area contributed by atoms with E-state index >= 15 is 0 Å². The lowest BCUT2D eigenvalue weighted by Crippen LogP contribution is -1.96. The van der Waals surface area contributed by atoms with Crippen molar-refractivity contribution in [1.82, 2.24) is 4.98 Å². The summed E-state index contributed by atoms with van der Waals surface area (Å²) in [5, 5.41) is 0. The summed E-state index contributed by atoms with van der Waals surface area (Å²) in [6.45, 7) is 0. The smallest absolute Gasteiger partial charge is 0.169 e. The fourth-order valence-corrected chi connectivity index (χ4v) is 2.31. The Hall–Kier alpha value is -2.88. The van der Waals surface area contributed by atoms with Crippen molar-refractivity contribution in [3.8, 4) is 22.3 Å². The number of hydrogen-bond acceptors (Lipinski definition) is 2. The van der Waals surface area contributed by atoms with E-state index in [1.165, 1.54) is 18.3 Å². The van der Waals surface area contributed by atoms with Crippen LogP contribution in [0.5, 0.6) is 0 Å². The summed E-state index contributed by atoms with van der Waals surface area (Å²) in [4.78, 5) is 15.2. The molecule has 3 rings (SSSR count). The van der Waals surface area contributed by atoms with Gasteiger partial charge >= 0.3 is 0 Å². The zero-order valence-electron chi connectivity index (χ0n) is 11.5. The van der Waals surface area contributed by atoms with Crippen LogP contribution in [0, 0.1) is 11.6 Å². The average molecular weight is 295 g/mol. The highest BCUT2D eigenvalue weighted by Gasteiger charge is 2.13. The maximum absolute atomic E-state index is 14.0. The molecule has 1 aromatic heterocycles. The largest absolute Gasteiger partial charge is 0.296 e. The maximum Gasteiger partial charge on any atom is 0.169 e. The van der Waals surface area contributed by atoms with Crippen molar-refractivity contribution in [3.63, 3.8) is 0 Å². The number of benzene rings is 2. The number of halogens is 2. The third-order valence-corrected chi connectivity index (χ3v) is 3.38. The number of carbonyl (C=O) groups is 1. The standard InChI is InChI=1S/C18H11F2NO/c19-16-7-3-1-5-13(16)12-9-15(18(11-22)21-10-12)14-6-2-4-8-17(14)20/h1-11H. The molecule has 0 spiro atoms. The molecule has 0 N–H and O–H groups in total. The molecule has 2 aromatic carbocycles. The van der Waals surface area contributed by atoms with E-state index in [0.717, 1.165) is 0 Å². The third-order valence-electron chi connectivity index (χ3n) is 3.38. The van der Waals surface area contributed by atoms with Crippen molar-refractivity contribution in [2.24, 2.45) is 0 Å². The molecule has 0 aliphatic rings. The SMILES string of the molecule is O=Cc1ncc(-c2ccccc2F)cc1-c1ccccc1F. The number of nitrogens with zero attached hydrogens (tertiary/aromatic N) is 1. The van der Waals surface area contributed by atoms with Crippen molar-refractivity contribution in [3.05, 3.63) is 78.1 Å². The molecule has 0 atom stereocenters. The predicted molar refractivity (Wildman–Crippen MR) is 80.4 cm³/mol. The van der Waals surface area contributed by atoms with E-state index in [0.29, 0.717) is 23.0 Å². The van der Waals surface area contributed by atoms with Gasteiger partial charge in [-0.25, -0.2) is 8.78 Å². The van der Waals surface area contributed by atoms with Crippen LogP contribution in [-0.2, 0) is 0 Å². The molecule has 0 fully saturated rings. The van der Waals surface area contributed by atoms with Gasteiger partial charge in [0.2, 0.25) is 0 Å². The van der Waals surface area contributed by atoms with E-state index in [1.807, 2.05) is 0 Å². The van der Waals surface area contributed by atoms with Crippen molar-refractivity contribution in [2.75, 3.05) is 0 Å². The van der Waals surface area contributed by atoms with Crippen LogP contribution >= 0.6 is 0 Å². The van der Waals surface area contributed by atoms with Crippen molar-refractivity contribution in [2.45, 2.75) is 0 Å². The van der Waals surface area contributed by atoms with Gasteiger partial charge in [0.1, 0.15) is 17.3 Å². The number of hydrogen-bond donors (Lipinski definition) is 0. The summed E-state index contributed by atoms with van der Waals surface area (Å²) < 4.78 is 27.9. The third kappa shape index (κ3) is 2.51. The quantitative estimate of drug-likeness (QED) is 0.666. The molecular weight excluding hydrogens is 284 g/mol. The lowest BCUT2D eigenvalue weighted by Gasteiger charge is -2.09. The van der Waals surface area contributed by atoms with Gasteiger partial charge in [0.05, 0.1) is 0 Å². The molecule has 3 aromatic rings. The second kappa shape index (κ2) is 5.85. The summed E-state index contributed by atoms with van der Waals surface area (Å²) in [5.74, 6) is -0.860. The zero-order valence-corrected chi connectivity index (χ0v) is 11.5. The Kier molecular flexibility index (Phi) is 3.74. The molecule has 0 aliphatic heterocycles. The molecular formula is C18H11F2NO. The Bertz CT molecular complexity index is 846. The number of rotatable bonds is 3. The normalized spacial score (nSPS) is 10.5. The van der Waals surface area contributed by atoms with Gasteiger partial charge < -0.3 is 0 Å².